The summed E-state index contributed by atoms with van der Waals surface area (Å²) >= 11 is 3.46. The van der Waals surface area contributed by atoms with Crippen molar-refractivity contribution in [3.63, 3.8) is 0 Å². The number of halogens is 1. The Balaban J connectivity index is 1.76. The predicted octanol–water partition coefficient (Wildman–Crippen LogP) is 5.24. The van der Waals surface area contributed by atoms with E-state index in [4.69, 9.17) is 0 Å². The van der Waals surface area contributed by atoms with Gasteiger partial charge in [-0.2, -0.15) is 0 Å². The first kappa shape index (κ1) is 17.1. The van der Waals surface area contributed by atoms with Gasteiger partial charge in [0.05, 0.1) is 0 Å². The number of nitrogens with zero attached hydrogens (tertiary/aromatic N) is 2. The Labute approximate surface area is 154 Å². The van der Waals surface area contributed by atoms with E-state index in [1.54, 1.807) is 19.1 Å². The summed E-state index contributed by atoms with van der Waals surface area (Å²) in [6.07, 6.45) is 1.50. The molecule has 1 heterocycles. The Bertz CT molecular complexity index is 910. The number of rotatable bonds is 5. The van der Waals surface area contributed by atoms with Crippen LogP contribution in [-0.4, -0.2) is 15.8 Å². The Kier molecular flexibility index (Phi) is 5.09. The molecule has 2 N–H and O–H groups in total. The minimum Gasteiger partial charge on any atom is -0.340 e. The molecule has 2 aromatic carbocycles. The van der Waals surface area contributed by atoms with E-state index in [0.717, 1.165) is 21.4 Å². The van der Waals surface area contributed by atoms with Crippen molar-refractivity contribution in [3.8, 4) is 0 Å². The SMILES string of the molecule is CC(=O)c1ccc(Nc2cc(Nc3ccc(Br)cc3C)ncn2)cc1. The number of nitrogens with one attached hydrogen (secondary N) is 2. The first-order valence-electron chi connectivity index (χ1n) is 7.74. The van der Waals surface area contributed by atoms with E-state index < -0.39 is 0 Å². The molecule has 0 amide bonds. The van der Waals surface area contributed by atoms with Crippen molar-refractivity contribution < 1.29 is 4.79 Å². The van der Waals surface area contributed by atoms with E-state index in [1.165, 1.54) is 6.33 Å². The maximum atomic E-state index is 11.3. The summed E-state index contributed by atoms with van der Waals surface area (Å²) in [7, 11) is 0. The van der Waals surface area contributed by atoms with Gasteiger partial charge in [-0.05, 0) is 61.9 Å². The lowest BCUT2D eigenvalue weighted by atomic mass is 10.1. The molecule has 3 aromatic rings. The van der Waals surface area contributed by atoms with Crippen LogP contribution in [0.4, 0.5) is 23.0 Å². The summed E-state index contributed by atoms with van der Waals surface area (Å²) in [4.78, 5) is 19.8. The fourth-order valence-electron chi connectivity index (χ4n) is 2.34. The number of hydrogen-bond donors (Lipinski definition) is 2. The zero-order valence-corrected chi connectivity index (χ0v) is 15.5. The molecule has 3 rings (SSSR count). The number of ketones is 1. The van der Waals surface area contributed by atoms with Gasteiger partial charge >= 0.3 is 0 Å². The van der Waals surface area contributed by atoms with Crippen molar-refractivity contribution in [1.82, 2.24) is 9.97 Å². The van der Waals surface area contributed by atoms with Crippen LogP contribution in [0.3, 0.4) is 0 Å². The maximum absolute atomic E-state index is 11.3. The van der Waals surface area contributed by atoms with Gasteiger partial charge in [0.15, 0.2) is 5.78 Å². The molecule has 6 heteroatoms. The number of carbonyl (C=O) groups is 1. The van der Waals surface area contributed by atoms with Gasteiger partial charge in [-0.1, -0.05) is 15.9 Å². The van der Waals surface area contributed by atoms with Gasteiger partial charge in [0.2, 0.25) is 0 Å². The number of anilines is 4. The zero-order chi connectivity index (χ0) is 17.8. The second-order valence-electron chi connectivity index (χ2n) is 5.63. The smallest absolute Gasteiger partial charge is 0.159 e. The number of aryl methyl sites for hydroxylation is 1. The molecule has 0 spiro atoms. The normalized spacial score (nSPS) is 10.4. The molecule has 0 saturated carbocycles. The fourth-order valence-corrected chi connectivity index (χ4v) is 2.81. The van der Waals surface area contributed by atoms with Crippen LogP contribution in [0.1, 0.15) is 22.8 Å². The first-order chi connectivity index (χ1) is 12.0. The van der Waals surface area contributed by atoms with E-state index in [1.807, 2.05) is 43.3 Å². The number of carbonyl (C=O) groups excluding carboxylic acids is 1. The van der Waals surface area contributed by atoms with E-state index in [0.29, 0.717) is 17.2 Å². The van der Waals surface area contributed by atoms with Crippen LogP contribution < -0.4 is 10.6 Å². The highest BCUT2D eigenvalue weighted by atomic mass is 79.9. The van der Waals surface area contributed by atoms with E-state index in [-0.39, 0.29) is 5.78 Å². The van der Waals surface area contributed by atoms with Crippen molar-refractivity contribution in [2.75, 3.05) is 10.6 Å². The Morgan fingerprint density at radius 3 is 2.28 bits per heavy atom. The number of aromatic nitrogens is 2. The molecule has 0 aliphatic rings. The van der Waals surface area contributed by atoms with Gasteiger partial charge < -0.3 is 10.6 Å². The minimum atomic E-state index is 0.0462. The molecule has 1 aromatic heterocycles. The van der Waals surface area contributed by atoms with Crippen LogP contribution in [0, 0.1) is 6.92 Å². The molecule has 0 fully saturated rings. The summed E-state index contributed by atoms with van der Waals surface area (Å²) in [6, 6.07) is 15.1. The molecule has 5 nitrogen and oxygen atoms in total. The Morgan fingerprint density at radius 2 is 1.64 bits per heavy atom. The molecule has 0 unspecified atom stereocenters. The lowest BCUT2D eigenvalue weighted by Crippen LogP contribution is -2.00. The van der Waals surface area contributed by atoms with E-state index >= 15 is 0 Å². The Hall–Kier alpha value is -2.73. The van der Waals surface area contributed by atoms with Crippen LogP contribution in [-0.2, 0) is 0 Å². The third-order valence-electron chi connectivity index (χ3n) is 3.68. The topological polar surface area (TPSA) is 66.9 Å². The summed E-state index contributed by atoms with van der Waals surface area (Å²) in [5.41, 5.74) is 3.64. The van der Waals surface area contributed by atoms with Crippen LogP contribution in [0.15, 0.2) is 59.3 Å². The monoisotopic (exact) mass is 396 g/mol. The average Bonchev–Trinajstić information content (AvgIpc) is 2.58. The zero-order valence-electron chi connectivity index (χ0n) is 13.9. The van der Waals surface area contributed by atoms with Gasteiger partial charge in [0.1, 0.15) is 18.0 Å². The highest BCUT2D eigenvalue weighted by Gasteiger charge is 2.04. The van der Waals surface area contributed by atoms with Gasteiger partial charge in [0, 0.05) is 27.5 Å². The molecule has 0 aliphatic carbocycles. The lowest BCUT2D eigenvalue weighted by Gasteiger charge is -2.11. The van der Waals surface area contributed by atoms with Gasteiger partial charge in [-0.3, -0.25) is 4.79 Å². The lowest BCUT2D eigenvalue weighted by molar-refractivity contribution is 0.101. The second kappa shape index (κ2) is 7.44. The third kappa shape index (κ3) is 4.42. The molecule has 0 saturated heterocycles. The van der Waals surface area contributed by atoms with Crippen molar-refractivity contribution in [1.29, 1.82) is 0 Å². The van der Waals surface area contributed by atoms with E-state index in [2.05, 4.69) is 36.5 Å². The van der Waals surface area contributed by atoms with Crippen LogP contribution in [0.2, 0.25) is 0 Å². The molecule has 0 bridgehead atoms. The number of Topliss-reactive ketones (excluding diaryl/α,β-unsaturated/α-hetero) is 1. The molecule has 0 radical (unpaired) electrons. The van der Waals surface area contributed by atoms with Crippen molar-refractivity contribution in [2.45, 2.75) is 13.8 Å². The molecule has 0 atom stereocenters. The van der Waals surface area contributed by atoms with Gasteiger partial charge in [0.25, 0.3) is 0 Å². The van der Waals surface area contributed by atoms with E-state index in [9.17, 15) is 4.79 Å². The average molecular weight is 397 g/mol. The fraction of sp³-hybridized carbons (Fsp3) is 0.105. The van der Waals surface area contributed by atoms with Crippen molar-refractivity contribution in [2.24, 2.45) is 0 Å². The number of hydrogen-bond acceptors (Lipinski definition) is 5. The minimum absolute atomic E-state index is 0.0462. The standard InChI is InChI=1S/C19H17BrN4O/c1-12-9-15(20)5-8-17(12)24-19-10-18(21-11-22-19)23-16-6-3-14(4-7-16)13(2)25/h3-11H,1-2H3,(H2,21,22,23,24). The first-order valence-corrected chi connectivity index (χ1v) is 8.54. The summed E-state index contributed by atoms with van der Waals surface area (Å²) in [6.45, 7) is 3.58. The third-order valence-corrected chi connectivity index (χ3v) is 4.18. The molecule has 0 aliphatic heterocycles. The summed E-state index contributed by atoms with van der Waals surface area (Å²) < 4.78 is 1.04. The quantitative estimate of drug-likeness (QED) is 0.577. The highest BCUT2D eigenvalue weighted by Crippen LogP contribution is 2.24. The molecular formula is C19H17BrN4O. The second-order valence-corrected chi connectivity index (χ2v) is 6.55. The number of benzene rings is 2. The molecular weight excluding hydrogens is 380 g/mol. The predicted molar refractivity (Wildman–Crippen MR) is 104 cm³/mol. The van der Waals surface area contributed by atoms with Crippen LogP contribution >= 0.6 is 15.9 Å². The molecule has 126 valence electrons. The van der Waals surface area contributed by atoms with Crippen molar-refractivity contribution >= 4 is 44.7 Å². The Morgan fingerprint density at radius 1 is 0.960 bits per heavy atom. The largest absolute Gasteiger partial charge is 0.340 e. The van der Waals surface area contributed by atoms with Gasteiger partial charge in [-0.15, -0.1) is 0 Å². The van der Waals surface area contributed by atoms with Crippen LogP contribution in [0.25, 0.3) is 0 Å². The highest BCUT2D eigenvalue weighted by molar-refractivity contribution is 9.10. The maximum Gasteiger partial charge on any atom is 0.159 e. The molecule has 25 heavy (non-hydrogen) atoms. The van der Waals surface area contributed by atoms with Gasteiger partial charge in [-0.25, -0.2) is 9.97 Å². The summed E-state index contributed by atoms with van der Waals surface area (Å²) in [5.74, 6) is 1.41. The summed E-state index contributed by atoms with van der Waals surface area (Å²) in [5, 5.41) is 6.50. The van der Waals surface area contributed by atoms with Crippen LogP contribution in [0.5, 0.6) is 0 Å². The van der Waals surface area contributed by atoms with Crippen molar-refractivity contribution in [3.05, 3.63) is 70.5 Å².